The highest BCUT2D eigenvalue weighted by atomic mass is 16.5. The zero-order valence-corrected chi connectivity index (χ0v) is 17.8. The summed E-state index contributed by atoms with van der Waals surface area (Å²) in [5.41, 5.74) is 4.95. The molecule has 2 aliphatic rings. The molecule has 2 aromatic heterocycles. The quantitative estimate of drug-likeness (QED) is 0.742. The fourth-order valence-electron chi connectivity index (χ4n) is 3.62. The van der Waals surface area contributed by atoms with Crippen LogP contribution in [-0.4, -0.2) is 34.3 Å². The molecule has 29 heavy (non-hydrogen) atoms. The van der Waals surface area contributed by atoms with Crippen LogP contribution in [0.1, 0.15) is 60.8 Å². The second-order valence-electron chi connectivity index (χ2n) is 8.76. The lowest BCUT2D eigenvalue weighted by molar-refractivity contribution is -0.147. The molecular formula is C24H32N2O3. The monoisotopic (exact) mass is 396 g/mol. The van der Waals surface area contributed by atoms with E-state index in [-0.39, 0.29) is 11.9 Å². The summed E-state index contributed by atoms with van der Waals surface area (Å²) >= 11 is 0. The van der Waals surface area contributed by atoms with Crippen molar-refractivity contribution >= 4 is 5.97 Å². The molecule has 2 aliphatic carbocycles. The van der Waals surface area contributed by atoms with Crippen LogP contribution in [0.25, 0.3) is 0 Å². The summed E-state index contributed by atoms with van der Waals surface area (Å²) in [7, 11) is 0. The summed E-state index contributed by atoms with van der Waals surface area (Å²) in [5.74, 6) is 1.95. The minimum Gasteiger partial charge on any atom is -0.465 e. The molecule has 4 rings (SSSR count). The molecule has 0 unspecified atom stereocenters. The van der Waals surface area contributed by atoms with E-state index in [1.54, 1.807) is 0 Å². The molecule has 0 radical (unpaired) electrons. The van der Waals surface area contributed by atoms with Crippen LogP contribution in [0, 0.1) is 31.6 Å². The van der Waals surface area contributed by atoms with Crippen LogP contribution in [-0.2, 0) is 9.53 Å². The third-order valence-corrected chi connectivity index (χ3v) is 5.64. The van der Waals surface area contributed by atoms with Gasteiger partial charge >= 0.3 is 5.97 Å². The Morgan fingerprint density at radius 1 is 1.00 bits per heavy atom. The van der Waals surface area contributed by atoms with Crippen LogP contribution < -0.4 is 0 Å². The van der Waals surface area contributed by atoms with Gasteiger partial charge in [0.2, 0.25) is 0 Å². The number of nitrogens with zero attached hydrogens (tertiary/aromatic N) is 2. The van der Waals surface area contributed by atoms with Gasteiger partial charge in [-0.25, -0.2) is 0 Å². The van der Waals surface area contributed by atoms with E-state index in [2.05, 4.69) is 22.1 Å². The molecule has 0 spiro atoms. The Labute approximate surface area is 173 Å². The van der Waals surface area contributed by atoms with E-state index in [1.165, 1.54) is 22.3 Å². The second kappa shape index (κ2) is 9.49. The summed E-state index contributed by atoms with van der Waals surface area (Å²) in [4.78, 5) is 19.7. The van der Waals surface area contributed by atoms with E-state index in [1.807, 2.05) is 52.5 Å². The summed E-state index contributed by atoms with van der Waals surface area (Å²) in [5, 5.41) is 8.89. The van der Waals surface area contributed by atoms with Crippen molar-refractivity contribution in [3.05, 3.63) is 59.2 Å². The number of esters is 1. The Hall–Kier alpha value is -2.27. The third-order valence-electron chi connectivity index (χ3n) is 5.64. The largest absolute Gasteiger partial charge is 0.465 e. The normalized spacial score (nSPS) is 24.5. The number of hydrogen-bond acceptors (Lipinski definition) is 5. The zero-order valence-electron chi connectivity index (χ0n) is 17.8. The first kappa shape index (κ1) is 21.4. The predicted octanol–water partition coefficient (Wildman–Crippen LogP) is 4.18. The van der Waals surface area contributed by atoms with Gasteiger partial charge in [-0.2, -0.15) is 0 Å². The summed E-state index contributed by atoms with van der Waals surface area (Å²) in [6.07, 6.45) is 9.78. The number of hydrogen-bond donors (Lipinski definition) is 1. The molecular weight excluding hydrogens is 364 g/mol. The van der Waals surface area contributed by atoms with Crippen LogP contribution in [0.3, 0.4) is 0 Å². The average molecular weight is 397 g/mol. The maximum atomic E-state index is 11.3. The molecule has 2 heterocycles. The van der Waals surface area contributed by atoms with E-state index < -0.39 is 0 Å². The fraction of sp³-hybridized carbons (Fsp3) is 0.542. The van der Waals surface area contributed by atoms with Crippen molar-refractivity contribution in [1.29, 1.82) is 0 Å². The number of aliphatic hydroxyl groups excluding tert-OH is 1. The topological polar surface area (TPSA) is 72.3 Å². The molecule has 156 valence electrons. The van der Waals surface area contributed by atoms with Crippen molar-refractivity contribution < 1.29 is 14.6 Å². The average Bonchev–Trinajstić information content (AvgIpc) is 3.61. The molecule has 1 N–H and O–H groups in total. The number of pyridine rings is 2. The minimum atomic E-state index is -0.0991. The standard InChI is InChI=1S/C14H19NO2.C10H13NO/c1-9(2)14(16)17-8-12-5-13(12)11-4-10(3)6-15-7-11;1-7-2-8(5-11-4-7)10-3-9(10)6-12/h4,6-7,9,12-13H,5,8H2,1-3H3;2,4-5,9-10,12H,3,6H2,1H3/t12-,13-;9-,10-/m11/s1. The molecule has 2 aromatic rings. The molecule has 5 heteroatoms. The molecule has 0 bridgehead atoms. The van der Waals surface area contributed by atoms with Crippen molar-refractivity contribution in [2.24, 2.45) is 17.8 Å². The number of carbonyl (C=O) groups is 1. The molecule has 4 atom stereocenters. The molecule has 0 amide bonds. The van der Waals surface area contributed by atoms with Gasteiger partial charge in [0, 0.05) is 37.3 Å². The minimum absolute atomic E-state index is 0.0344. The van der Waals surface area contributed by atoms with E-state index in [0.29, 0.717) is 36.9 Å². The van der Waals surface area contributed by atoms with E-state index in [0.717, 1.165) is 12.8 Å². The van der Waals surface area contributed by atoms with Gasteiger partial charge in [-0.1, -0.05) is 26.0 Å². The maximum absolute atomic E-state index is 11.3. The molecule has 5 nitrogen and oxygen atoms in total. The Kier molecular flexibility index (Phi) is 7.01. The van der Waals surface area contributed by atoms with Crippen LogP contribution in [0.4, 0.5) is 0 Å². The van der Waals surface area contributed by atoms with Gasteiger partial charge < -0.3 is 9.84 Å². The van der Waals surface area contributed by atoms with E-state index in [4.69, 9.17) is 9.84 Å². The van der Waals surface area contributed by atoms with E-state index in [9.17, 15) is 4.79 Å². The maximum Gasteiger partial charge on any atom is 0.308 e. The van der Waals surface area contributed by atoms with Crippen molar-refractivity contribution in [3.63, 3.8) is 0 Å². The Morgan fingerprint density at radius 2 is 1.52 bits per heavy atom. The van der Waals surface area contributed by atoms with Gasteiger partial charge in [0.15, 0.2) is 0 Å². The first-order valence-electron chi connectivity index (χ1n) is 10.5. The molecule has 0 saturated heterocycles. The highest BCUT2D eigenvalue weighted by Crippen LogP contribution is 2.47. The van der Waals surface area contributed by atoms with Crippen molar-refractivity contribution in [2.75, 3.05) is 13.2 Å². The van der Waals surface area contributed by atoms with Crippen LogP contribution >= 0.6 is 0 Å². The summed E-state index contributed by atoms with van der Waals surface area (Å²) < 4.78 is 5.25. The lowest BCUT2D eigenvalue weighted by Crippen LogP contribution is -2.13. The Morgan fingerprint density at radius 3 is 1.97 bits per heavy atom. The van der Waals surface area contributed by atoms with Crippen LogP contribution in [0.5, 0.6) is 0 Å². The van der Waals surface area contributed by atoms with Gasteiger partial charge in [0.25, 0.3) is 0 Å². The number of carbonyl (C=O) groups excluding carboxylic acids is 1. The first-order valence-corrected chi connectivity index (χ1v) is 10.5. The SMILES string of the molecule is Cc1cncc([C@H]2C[C@@H]2CO)c1.Cc1cncc([C@H]2C[C@@H]2COC(=O)C(C)C)c1. The molecule has 0 aliphatic heterocycles. The molecule has 2 fully saturated rings. The summed E-state index contributed by atoms with van der Waals surface area (Å²) in [6, 6.07) is 4.33. The van der Waals surface area contributed by atoms with Gasteiger partial charge in [-0.05, 0) is 66.7 Å². The number of rotatable bonds is 6. The first-order chi connectivity index (χ1) is 13.9. The number of aromatic nitrogens is 2. The second-order valence-corrected chi connectivity index (χ2v) is 8.76. The van der Waals surface area contributed by atoms with Crippen LogP contribution in [0.2, 0.25) is 0 Å². The smallest absolute Gasteiger partial charge is 0.308 e. The lowest BCUT2D eigenvalue weighted by atomic mass is 10.1. The highest BCUT2D eigenvalue weighted by Gasteiger charge is 2.39. The van der Waals surface area contributed by atoms with Gasteiger partial charge in [-0.3, -0.25) is 14.8 Å². The zero-order chi connectivity index (χ0) is 21.0. The number of aliphatic hydroxyl groups is 1. The fourth-order valence-corrected chi connectivity index (χ4v) is 3.62. The van der Waals surface area contributed by atoms with Gasteiger partial charge in [0.1, 0.15) is 0 Å². The van der Waals surface area contributed by atoms with Crippen molar-refractivity contribution in [1.82, 2.24) is 9.97 Å². The number of ether oxygens (including phenoxy) is 1. The lowest BCUT2D eigenvalue weighted by Gasteiger charge is -2.06. The summed E-state index contributed by atoms with van der Waals surface area (Å²) in [6.45, 7) is 8.68. The number of aryl methyl sites for hydroxylation is 2. The van der Waals surface area contributed by atoms with Crippen LogP contribution in [0.15, 0.2) is 36.9 Å². The highest BCUT2D eigenvalue weighted by molar-refractivity contribution is 5.71. The van der Waals surface area contributed by atoms with Gasteiger partial charge in [0.05, 0.1) is 12.5 Å². The predicted molar refractivity (Wildman–Crippen MR) is 113 cm³/mol. The van der Waals surface area contributed by atoms with Gasteiger partial charge in [-0.15, -0.1) is 0 Å². The molecule has 0 aromatic carbocycles. The van der Waals surface area contributed by atoms with Crippen molar-refractivity contribution in [3.8, 4) is 0 Å². The van der Waals surface area contributed by atoms with Crippen molar-refractivity contribution in [2.45, 2.75) is 52.4 Å². The van der Waals surface area contributed by atoms with E-state index >= 15 is 0 Å². The third kappa shape index (κ3) is 6.10. The Bertz CT molecular complexity index is 836. The Balaban J connectivity index is 0.000000176. The molecule has 2 saturated carbocycles.